The van der Waals surface area contributed by atoms with Crippen molar-refractivity contribution in [3.05, 3.63) is 32.1 Å². The number of halogens is 2. The molecule has 18 heavy (non-hydrogen) atoms. The van der Waals surface area contributed by atoms with Crippen LogP contribution in [0.1, 0.15) is 25.5 Å². The van der Waals surface area contributed by atoms with Crippen molar-refractivity contribution in [2.75, 3.05) is 5.73 Å². The number of pyridine rings is 1. The van der Waals surface area contributed by atoms with Crippen molar-refractivity contribution in [3.63, 3.8) is 0 Å². The third-order valence-electron chi connectivity index (χ3n) is 2.42. The molecule has 2 aromatic rings. The third kappa shape index (κ3) is 2.64. The second-order valence-electron chi connectivity index (χ2n) is 4.12. The van der Waals surface area contributed by atoms with Gasteiger partial charge >= 0.3 is 0 Å². The topological polar surface area (TPSA) is 64.7 Å². The van der Waals surface area contributed by atoms with E-state index in [2.05, 4.69) is 67.3 Å². The highest BCUT2D eigenvalue weighted by atomic mass is 127. The van der Waals surface area contributed by atoms with Gasteiger partial charge in [0.15, 0.2) is 5.82 Å². The average Bonchev–Trinajstić information content (AvgIpc) is 2.33. The van der Waals surface area contributed by atoms with Gasteiger partial charge in [-0.3, -0.25) is 4.98 Å². The van der Waals surface area contributed by atoms with Gasteiger partial charge in [0.2, 0.25) is 0 Å². The van der Waals surface area contributed by atoms with Gasteiger partial charge in [0.1, 0.15) is 11.5 Å². The van der Waals surface area contributed by atoms with Gasteiger partial charge in [0.05, 0.1) is 9.26 Å². The Morgan fingerprint density at radius 3 is 2.67 bits per heavy atom. The molecule has 94 valence electrons. The summed E-state index contributed by atoms with van der Waals surface area (Å²) in [5.74, 6) is 1.36. The molecule has 4 nitrogen and oxygen atoms in total. The Morgan fingerprint density at radius 2 is 2.06 bits per heavy atom. The maximum absolute atomic E-state index is 5.94. The van der Waals surface area contributed by atoms with Crippen molar-refractivity contribution < 1.29 is 0 Å². The van der Waals surface area contributed by atoms with Crippen molar-refractivity contribution >= 4 is 44.3 Å². The molecule has 0 aliphatic carbocycles. The van der Waals surface area contributed by atoms with E-state index in [1.165, 1.54) is 0 Å². The maximum atomic E-state index is 5.94. The molecule has 2 rings (SSSR count). The van der Waals surface area contributed by atoms with Crippen molar-refractivity contribution in [2.45, 2.75) is 19.8 Å². The van der Waals surface area contributed by atoms with Crippen LogP contribution in [0.4, 0.5) is 5.82 Å². The highest BCUT2D eigenvalue weighted by Gasteiger charge is 2.16. The predicted octanol–water partition coefficient (Wildman–Crippen LogP) is 3.61. The van der Waals surface area contributed by atoms with Crippen LogP contribution in [0.3, 0.4) is 0 Å². The smallest absolute Gasteiger partial charge is 0.181 e. The van der Waals surface area contributed by atoms with Crippen LogP contribution < -0.4 is 5.73 Å². The molecule has 0 saturated heterocycles. The Hall–Kier alpha value is -0.760. The van der Waals surface area contributed by atoms with Gasteiger partial charge in [-0.2, -0.15) is 0 Å². The minimum absolute atomic E-state index is 0.295. The van der Waals surface area contributed by atoms with Crippen molar-refractivity contribution in [1.82, 2.24) is 15.0 Å². The van der Waals surface area contributed by atoms with E-state index in [1.807, 2.05) is 12.1 Å². The lowest BCUT2D eigenvalue weighted by Crippen LogP contribution is -2.07. The summed E-state index contributed by atoms with van der Waals surface area (Å²) in [6, 6.07) is 3.77. The number of rotatable bonds is 2. The number of nitrogens with two attached hydrogens (primary N) is 1. The molecule has 0 atom stereocenters. The molecule has 0 unspecified atom stereocenters. The molecule has 6 heteroatoms. The molecule has 0 saturated carbocycles. The lowest BCUT2D eigenvalue weighted by Gasteiger charge is -2.11. The Balaban J connectivity index is 2.63. The molecule has 0 spiro atoms. The minimum atomic E-state index is 0.295. The molecular weight excluding hydrogens is 407 g/mol. The summed E-state index contributed by atoms with van der Waals surface area (Å²) in [6.07, 6.45) is 1.71. The number of hydrogen-bond donors (Lipinski definition) is 1. The van der Waals surface area contributed by atoms with Crippen molar-refractivity contribution in [1.29, 1.82) is 0 Å². The van der Waals surface area contributed by atoms with E-state index in [4.69, 9.17) is 5.73 Å². The summed E-state index contributed by atoms with van der Waals surface area (Å²) in [7, 11) is 0. The first-order valence-corrected chi connectivity index (χ1v) is 7.31. The molecule has 2 N–H and O–H groups in total. The van der Waals surface area contributed by atoms with Gasteiger partial charge in [0, 0.05) is 10.7 Å². The first-order chi connectivity index (χ1) is 8.50. The van der Waals surface area contributed by atoms with E-state index < -0.39 is 0 Å². The van der Waals surface area contributed by atoms with Crippen LogP contribution in [0.2, 0.25) is 0 Å². The van der Waals surface area contributed by atoms with Crippen LogP contribution in [0, 0.1) is 3.57 Å². The fourth-order valence-corrected chi connectivity index (χ4v) is 2.82. The van der Waals surface area contributed by atoms with E-state index in [0.29, 0.717) is 23.3 Å². The minimum Gasteiger partial charge on any atom is -0.383 e. The van der Waals surface area contributed by atoms with Crippen LogP contribution in [0.15, 0.2) is 22.8 Å². The van der Waals surface area contributed by atoms with E-state index in [9.17, 15) is 0 Å². The first kappa shape index (κ1) is 13.7. The van der Waals surface area contributed by atoms with Crippen molar-refractivity contribution in [2.24, 2.45) is 0 Å². The van der Waals surface area contributed by atoms with E-state index in [-0.39, 0.29) is 0 Å². The number of nitrogens with zero attached hydrogens (tertiary/aromatic N) is 3. The monoisotopic (exact) mass is 418 g/mol. The first-order valence-electron chi connectivity index (χ1n) is 5.44. The zero-order valence-corrected chi connectivity index (χ0v) is 13.7. The summed E-state index contributed by atoms with van der Waals surface area (Å²) >= 11 is 5.64. The molecule has 0 radical (unpaired) electrons. The molecule has 0 aliphatic rings. The molecule has 0 bridgehead atoms. The summed E-state index contributed by atoms with van der Waals surface area (Å²) in [6.45, 7) is 4.17. The van der Waals surface area contributed by atoms with E-state index in [1.54, 1.807) is 6.20 Å². The van der Waals surface area contributed by atoms with E-state index >= 15 is 0 Å². The van der Waals surface area contributed by atoms with Crippen molar-refractivity contribution in [3.8, 4) is 11.5 Å². The lowest BCUT2D eigenvalue weighted by atomic mass is 10.1. The Kier molecular flexibility index (Phi) is 4.16. The molecule has 0 aromatic carbocycles. The molecular formula is C12H12BrIN4. The summed E-state index contributed by atoms with van der Waals surface area (Å²) in [5.41, 5.74) is 7.61. The zero-order chi connectivity index (χ0) is 13.3. The Bertz CT molecular complexity index is 586. The molecule has 2 aromatic heterocycles. The van der Waals surface area contributed by atoms with Gasteiger partial charge in [-0.1, -0.05) is 13.8 Å². The fourth-order valence-electron chi connectivity index (χ4n) is 1.52. The Labute approximate surface area is 128 Å². The SMILES string of the molecule is CC(C)c1nc(-c2ncccc2Br)nc(N)c1I. The summed E-state index contributed by atoms with van der Waals surface area (Å²) < 4.78 is 1.78. The van der Waals surface area contributed by atoms with Crippen LogP contribution in [-0.4, -0.2) is 15.0 Å². The third-order valence-corrected chi connectivity index (χ3v) is 4.16. The number of hydrogen-bond acceptors (Lipinski definition) is 4. The van der Waals surface area contributed by atoms with Gasteiger partial charge in [-0.25, -0.2) is 9.97 Å². The molecule has 0 aliphatic heterocycles. The highest BCUT2D eigenvalue weighted by Crippen LogP contribution is 2.28. The fraction of sp³-hybridized carbons (Fsp3) is 0.250. The molecule has 0 amide bonds. The zero-order valence-electron chi connectivity index (χ0n) is 9.98. The van der Waals surface area contributed by atoms with E-state index in [0.717, 1.165) is 13.7 Å². The van der Waals surface area contributed by atoms with Crippen LogP contribution in [0.25, 0.3) is 11.5 Å². The standard InChI is InChI=1S/C12H12BrIN4/c1-6(2)9-8(14)11(15)18-12(17-9)10-7(13)4-3-5-16-10/h3-6H,1-2H3,(H2,15,17,18). The molecule has 2 heterocycles. The van der Waals surface area contributed by atoms with Crippen LogP contribution in [-0.2, 0) is 0 Å². The predicted molar refractivity (Wildman–Crippen MR) is 84.2 cm³/mol. The number of aromatic nitrogens is 3. The van der Waals surface area contributed by atoms with Gasteiger partial charge in [-0.15, -0.1) is 0 Å². The summed E-state index contributed by atoms with van der Waals surface area (Å²) in [5, 5.41) is 0. The second-order valence-corrected chi connectivity index (χ2v) is 6.05. The average molecular weight is 419 g/mol. The van der Waals surface area contributed by atoms with Crippen LogP contribution in [0.5, 0.6) is 0 Å². The van der Waals surface area contributed by atoms with Gasteiger partial charge < -0.3 is 5.73 Å². The highest BCUT2D eigenvalue weighted by molar-refractivity contribution is 14.1. The number of anilines is 1. The maximum Gasteiger partial charge on any atom is 0.181 e. The molecule has 0 fully saturated rings. The largest absolute Gasteiger partial charge is 0.383 e. The van der Waals surface area contributed by atoms with Gasteiger partial charge in [0.25, 0.3) is 0 Å². The Morgan fingerprint density at radius 1 is 1.33 bits per heavy atom. The summed E-state index contributed by atoms with van der Waals surface area (Å²) in [4.78, 5) is 13.2. The quantitative estimate of drug-likeness (QED) is 0.756. The lowest BCUT2D eigenvalue weighted by molar-refractivity contribution is 0.809. The number of nitrogen functional groups attached to an aromatic ring is 1. The van der Waals surface area contributed by atoms with Gasteiger partial charge in [-0.05, 0) is 56.6 Å². The second kappa shape index (κ2) is 5.48. The normalized spacial score (nSPS) is 10.9. The van der Waals surface area contributed by atoms with Crippen LogP contribution >= 0.6 is 38.5 Å².